The summed E-state index contributed by atoms with van der Waals surface area (Å²) in [7, 11) is 0. The zero-order valence-corrected chi connectivity index (χ0v) is 19.9. The van der Waals surface area contributed by atoms with E-state index in [2.05, 4.69) is 6.08 Å². The fraction of sp³-hybridized carbons (Fsp3) is 0.290. The van der Waals surface area contributed by atoms with Gasteiger partial charge in [-0.3, -0.25) is 0 Å². The average Bonchev–Trinajstić information content (AvgIpc) is 3.72. The topological polar surface area (TPSA) is 12.5 Å². The summed E-state index contributed by atoms with van der Waals surface area (Å²) < 4.78 is 49.6. The van der Waals surface area contributed by atoms with E-state index in [-0.39, 0.29) is 17.5 Å². The molecule has 1 aliphatic heterocycles. The number of benzene rings is 3. The van der Waals surface area contributed by atoms with E-state index >= 15 is 0 Å². The summed E-state index contributed by atoms with van der Waals surface area (Å²) in [5, 5.41) is 0. The van der Waals surface area contributed by atoms with Crippen LogP contribution in [0.5, 0.6) is 0 Å². The SMILES string of the molecule is C/C=C/c1ccc(-c2ccc(CCC3CC=C(c4ccc(C5CO5)cc4F)CC3)c(F)c2F)cc1. The first-order chi connectivity index (χ1) is 17.0. The molecule has 35 heavy (non-hydrogen) atoms. The van der Waals surface area contributed by atoms with Crippen LogP contribution in [0, 0.1) is 23.4 Å². The zero-order chi connectivity index (χ0) is 24.4. The molecule has 0 bridgehead atoms. The molecule has 1 fully saturated rings. The Balaban J connectivity index is 1.21. The lowest BCUT2D eigenvalue weighted by Crippen LogP contribution is -2.08. The molecule has 3 aromatic carbocycles. The Morgan fingerprint density at radius 3 is 2.37 bits per heavy atom. The zero-order valence-electron chi connectivity index (χ0n) is 19.9. The maximum atomic E-state index is 14.9. The summed E-state index contributed by atoms with van der Waals surface area (Å²) in [5.41, 5.74) is 4.97. The second-order valence-corrected chi connectivity index (χ2v) is 9.49. The average molecular weight is 475 g/mol. The number of aryl methyl sites for hydroxylation is 1. The Morgan fingerprint density at radius 2 is 1.71 bits per heavy atom. The highest BCUT2D eigenvalue weighted by atomic mass is 19.2. The largest absolute Gasteiger partial charge is 0.368 e. The first-order valence-corrected chi connectivity index (χ1v) is 12.3. The van der Waals surface area contributed by atoms with Crippen molar-refractivity contribution in [2.24, 2.45) is 5.92 Å². The van der Waals surface area contributed by atoms with Crippen LogP contribution in [-0.4, -0.2) is 6.61 Å². The molecule has 5 rings (SSSR count). The van der Waals surface area contributed by atoms with Crippen LogP contribution in [0.3, 0.4) is 0 Å². The molecule has 2 unspecified atom stereocenters. The van der Waals surface area contributed by atoms with Gasteiger partial charge in [-0.25, -0.2) is 13.2 Å². The van der Waals surface area contributed by atoms with Gasteiger partial charge in [-0.15, -0.1) is 0 Å². The number of epoxide rings is 1. The summed E-state index contributed by atoms with van der Waals surface area (Å²) in [5.74, 6) is -1.37. The Labute approximate surface area is 205 Å². The van der Waals surface area contributed by atoms with E-state index in [1.807, 2.05) is 55.5 Å². The van der Waals surface area contributed by atoms with Gasteiger partial charge in [-0.2, -0.15) is 0 Å². The molecule has 180 valence electrons. The van der Waals surface area contributed by atoms with E-state index in [4.69, 9.17) is 4.74 Å². The van der Waals surface area contributed by atoms with Crippen LogP contribution in [0.4, 0.5) is 13.2 Å². The molecule has 3 aromatic rings. The van der Waals surface area contributed by atoms with Crippen molar-refractivity contribution in [3.63, 3.8) is 0 Å². The Bertz CT molecular complexity index is 1270. The Morgan fingerprint density at radius 1 is 0.943 bits per heavy atom. The summed E-state index contributed by atoms with van der Waals surface area (Å²) in [4.78, 5) is 0. The highest BCUT2D eigenvalue weighted by molar-refractivity contribution is 5.68. The number of halogens is 3. The molecule has 0 N–H and O–H groups in total. The smallest absolute Gasteiger partial charge is 0.166 e. The second-order valence-electron chi connectivity index (χ2n) is 9.49. The van der Waals surface area contributed by atoms with E-state index in [1.54, 1.807) is 18.2 Å². The van der Waals surface area contributed by atoms with Crippen LogP contribution in [0.25, 0.3) is 22.8 Å². The van der Waals surface area contributed by atoms with Crippen molar-refractivity contribution in [2.45, 2.75) is 45.1 Å². The predicted octanol–water partition coefficient (Wildman–Crippen LogP) is 8.69. The van der Waals surface area contributed by atoms with Gasteiger partial charge < -0.3 is 4.74 Å². The number of hydrogen-bond donors (Lipinski definition) is 0. The summed E-state index contributed by atoms with van der Waals surface area (Å²) in [6, 6.07) is 16.2. The fourth-order valence-electron chi connectivity index (χ4n) is 4.96. The van der Waals surface area contributed by atoms with Crippen LogP contribution in [0.2, 0.25) is 0 Å². The van der Waals surface area contributed by atoms with Crippen LogP contribution < -0.4 is 0 Å². The molecule has 0 saturated carbocycles. The third kappa shape index (κ3) is 5.28. The van der Waals surface area contributed by atoms with Crippen LogP contribution >= 0.6 is 0 Å². The number of rotatable bonds is 7. The molecule has 2 aliphatic rings. The lowest BCUT2D eigenvalue weighted by Gasteiger charge is -2.23. The minimum Gasteiger partial charge on any atom is -0.368 e. The summed E-state index contributed by atoms with van der Waals surface area (Å²) >= 11 is 0. The van der Waals surface area contributed by atoms with Crippen molar-refractivity contribution < 1.29 is 17.9 Å². The molecule has 0 aromatic heterocycles. The van der Waals surface area contributed by atoms with Crippen LogP contribution in [0.15, 0.2) is 66.7 Å². The van der Waals surface area contributed by atoms with Crippen LogP contribution in [-0.2, 0) is 11.2 Å². The lowest BCUT2D eigenvalue weighted by molar-refractivity contribution is 0.414. The first-order valence-electron chi connectivity index (χ1n) is 12.3. The maximum absolute atomic E-state index is 14.9. The fourth-order valence-corrected chi connectivity index (χ4v) is 4.96. The van der Waals surface area contributed by atoms with Gasteiger partial charge in [0.2, 0.25) is 0 Å². The minimum atomic E-state index is -0.789. The van der Waals surface area contributed by atoms with Crippen molar-refractivity contribution in [2.75, 3.05) is 6.61 Å². The highest BCUT2D eigenvalue weighted by Gasteiger charge is 2.26. The van der Waals surface area contributed by atoms with E-state index in [0.717, 1.165) is 42.4 Å². The van der Waals surface area contributed by atoms with Gasteiger partial charge in [0, 0.05) is 11.1 Å². The first kappa shape index (κ1) is 23.6. The van der Waals surface area contributed by atoms with Gasteiger partial charge >= 0.3 is 0 Å². The molecule has 0 spiro atoms. The lowest BCUT2D eigenvalue weighted by atomic mass is 9.83. The number of allylic oxidation sites excluding steroid dienone is 3. The quantitative estimate of drug-likeness (QED) is 0.312. The summed E-state index contributed by atoms with van der Waals surface area (Å²) in [6.07, 6.45) is 9.85. The molecule has 4 heteroatoms. The molecular weight excluding hydrogens is 445 g/mol. The van der Waals surface area contributed by atoms with Crippen molar-refractivity contribution in [3.8, 4) is 11.1 Å². The van der Waals surface area contributed by atoms with Crippen molar-refractivity contribution in [1.82, 2.24) is 0 Å². The van der Waals surface area contributed by atoms with Crippen molar-refractivity contribution in [1.29, 1.82) is 0 Å². The Hall–Kier alpha value is -3.11. The normalized spacial score (nSPS) is 19.7. The molecule has 1 heterocycles. The highest BCUT2D eigenvalue weighted by Crippen LogP contribution is 2.36. The van der Waals surface area contributed by atoms with Gasteiger partial charge in [0.1, 0.15) is 11.9 Å². The van der Waals surface area contributed by atoms with E-state index in [9.17, 15) is 13.2 Å². The van der Waals surface area contributed by atoms with Crippen molar-refractivity contribution in [3.05, 3.63) is 106 Å². The maximum Gasteiger partial charge on any atom is 0.166 e. The van der Waals surface area contributed by atoms with Crippen LogP contribution in [0.1, 0.15) is 61.0 Å². The standard InChI is InChI=1S/C31H29F3O/c1-2-3-20-4-11-23(12-5-20)27-17-14-24(30(33)31(27)34)13-8-21-6-9-22(10-7-21)26-16-15-25(18-28(26)32)29-19-35-29/h2-5,9,11-12,14-18,21,29H,6-8,10,13,19H2,1H3/b3-2+. The van der Waals surface area contributed by atoms with Gasteiger partial charge in [0.15, 0.2) is 11.6 Å². The monoisotopic (exact) mass is 474 g/mol. The molecule has 1 aliphatic carbocycles. The molecule has 0 amide bonds. The minimum absolute atomic E-state index is 0.0475. The van der Waals surface area contributed by atoms with E-state index in [0.29, 0.717) is 35.6 Å². The molecular formula is C31H29F3O. The van der Waals surface area contributed by atoms with Crippen molar-refractivity contribution >= 4 is 11.6 Å². The van der Waals surface area contributed by atoms with E-state index < -0.39 is 11.6 Å². The van der Waals surface area contributed by atoms with E-state index in [1.165, 1.54) is 0 Å². The number of hydrogen-bond acceptors (Lipinski definition) is 1. The molecule has 1 saturated heterocycles. The molecule has 0 radical (unpaired) electrons. The van der Waals surface area contributed by atoms with Gasteiger partial charge in [-0.05, 0) is 78.8 Å². The molecule has 1 nitrogen and oxygen atoms in total. The summed E-state index contributed by atoms with van der Waals surface area (Å²) in [6.45, 7) is 2.61. The predicted molar refractivity (Wildman–Crippen MR) is 135 cm³/mol. The number of ether oxygens (including phenoxy) is 1. The van der Waals surface area contributed by atoms with Gasteiger partial charge in [-0.1, -0.05) is 66.8 Å². The second kappa shape index (κ2) is 10.2. The third-order valence-corrected chi connectivity index (χ3v) is 7.13. The molecule has 2 atom stereocenters. The van der Waals surface area contributed by atoms with Gasteiger partial charge in [0.05, 0.1) is 6.61 Å². The van der Waals surface area contributed by atoms with Gasteiger partial charge in [0.25, 0.3) is 0 Å². The Kier molecular flexibility index (Phi) is 6.92. The third-order valence-electron chi connectivity index (χ3n) is 7.13.